The number of methoxy groups -OCH3 is 2. The Kier molecular flexibility index (Phi) is 4.43. The number of H-pyrrole nitrogens is 1. The summed E-state index contributed by atoms with van der Waals surface area (Å²) in [6.45, 7) is 1.74. The number of ether oxygens (including phenoxy) is 2. The predicted octanol–water partition coefficient (Wildman–Crippen LogP) is 2.30. The zero-order valence-corrected chi connectivity index (χ0v) is 14.0. The third kappa shape index (κ3) is 3.13. The SMILES string of the molecule is COc1cc(Br)c(S(=O)(=O)Nc2[nH]ncc2C)cc1OC. The maximum Gasteiger partial charge on any atom is 0.264 e. The van der Waals surface area contributed by atoms with Crippen LogP contribution in [0.5, 0.6) is 11.5 Å². The van der Waals surface area contributed by atoms with Crippen LogP contribution in [0.25, 0.3) is 0 Å². The Bertz CT molecular complexity index is 758. The molecule has 2 rings (SSSR count). The molecule has 0 aliphatic rings. The van der Waals surface area contributed by atoms with Crippen LogP contribution in [-0.2, 0) is 10.0 Å². The number of benzene rings is 1. The van der Waals surface area contributed by atoms with Crippen molar-refractivity contribution in [1.29, 1.82) is 0 Å². The summed E-state index contributed by atoms with van der Waals surface area (Å²) in [6, 6.07) is 2.92. The first-order valence-corrected chi connectivity index (χ1v) is 8.11. The maximum atomic E-state index is 12.5. The second-order valence-electron chi connectivity index (χ2n) is 4.17. The molecule has 21 heavy (non-hydrogen) atoms. The summed E-state index contributed by atoms with van der Waals surface area (Å²) in [5.41, 5.74) is 0.690. The lowest BCUT2D eigenvalue weighted by molar-refractivity contribution is 0.353. The van der Waals surface area contributed by atoms with Crippen molar-refractivity contribution in [1.82, 2.24) is 10.2 Å². The van der Waals surface area contributed by atoms with Gasteiger partial charge in [0.2, 0.25) is 0 Å². The van der Waals surface area contributed by atoms with Crippen molar-refractivity contribution in [3.63, 3.8) is 0 Å². The minimum atomic E-state index is -3.80. The van der Waals surface area contributed by atoms with Crippen molar-refractivity contribution in [3.05, 3.63) is 28.4 Å². The molecule has 0 unspecified atom stereocenters. The summed E-state index contributed by atoms with van der Waals surface area (Å²) < 4.78 is 38.0. The number of rotatable bonds is 5. The summed E-state index contributed by atoms with van der Waals surface area (Å²) in [4.78, 5) is 0.0363. The summed E-state index contributed by atoms with van der Waals surface area (Å²) in [5.74, 6) is 1.07. The summed E-state index contributed by atoms with van der Waals surface area (Å²) in [6.07, 6.45) is 1.53. The molecule has 0 radical (unpaired) electrons. The topological polar surface area (TPSA) is 93.3 Å². The van der Waals surface area contributed by atoms with Gasteiger partial charge >= 0.3 is 0 Å². The van der Waals surface area contributed by atoms with Gasteiger partial charge in [0.1, 0.15) is 10.7 Å². The molecule has 0 aliphatic carbocycles. The van der Waals surface area contributed by atoms with Gasteiger partial charge in [0.15, 0.2) is 11.5 Å². The third-order valence-corrected chi connectivity index (χ3v) is 5.10. The molecule has 7 nitrogen and oxygen atoms in total. The van der Waals surface area contributed by atoms with Crippen LogP contribution in [-0.4, -0.2) is 32.8 Å². The number of nitrogens with zero attached hydrogens (tertiary/aromatic N) is 1. The van der Waals surface area contributed by atoms with E-state index in [9.17, 15) is 8.42 Å². The van der Waals surface area contributed by atoms with Crippen molar-refractivity contribution in [2.45, 2.75) is 11.8 Å². The van der Waals surface area contributed by atoms with Gasteiger partial charge in [-0.1, -0.05) is 0 Å². The molecular weight excluding hydrogens is 362 g/mol. The first-order valence-electron chi connectivity index (χ1n) is 5.83. The lowest BCUT2D eigenvalue weighted by Crippen LogP contribution is -2.15. The number of hydrogen-bond donors (Lipinski definition) is 2. The van der Waals surface area contributed by atoms with E-state index in [1.807, 2.05) is 0 Å². The lowest BCUT2D eigenvalue weighted by atomic mass is 10.3. The molecule has 1 aromatic carbocycles. The van der Waals surface area contributed by atoms with Crippen LogP contribution >= 0.6 is 15.9 Å². The number of aryl methyl sites for hydroxylation is 1. The van der Waals surface area contributed by atoms with E-state index >= 15 is 0 Å². The zero-order chi connectivity index (χ0) is 15.6. The molecule has 0 bridgehead atoms. The van der Waals surface area contributed by atoms with Gasteiger partial charge in [-0.3, -0.25) is 9.82 Å². The second-order valence-corrected chi connectivity index (χ2v) is 6.68. The molecule has 0 saturated carbocycles. The summed E-state index contributed by atoms with van der Waals surface area (Å²) in [7, 11) is -0.882. The highest BCUT2D eigenvalue weighted by Gasteiger charge is 2.22. The fourth-order valence-electron chi connectivity index (χ4n) is 1.68. The number of anilines is 1. The standard InChI is InChI=1S/C12H14BrN3O4S/c1-7-6-14-15-12(7)16-21(17,18)11-5-10(20-3)9(19-2)4-8(11)13/h4-6H,1-3H3,(H2,14,15,16). The Morgan fingerprint density at radius 3 is 2.38 bits per heavy atom. The van der Waals surface area contributed by atoms with Gasteiger partial charge in [0.25, 0.3) is 10.0 Å². The van der Waals surface area contributed by atoms with Crippen LogP contribution in [0.4, 0.5) is 5.82 Å². The lowest BCUT2D eigenvalue weighted by Gasteiger charge is -2.13. The Hall–Kier alpha value is -1.74. The van der Waals surface area contributed by atoms with Crippen molar-refractivity contribution in [2.24, 2.45) is 0 Å². The Balaban J connectivity index is 2.47. The molecule has 0 saturated heterocycles. The van der Waals surface area contributed by atoms with Crippen LogP contribution in [0.3, 0.4) is 0 Å². The maximum absolute atomic E-state index is 12.5. The highest BCUT2D eigenvalue weighted by molar-refractivity contribution is 9.10. The molecule has 1 aromatic heterocycles. The fourth-order valence-corrected chi connectivity index (χ4v) is 3.81. The van der Waals surface area contributed by atoms with Crippen molar-refractivity contribution in [2.75, 3.05) is 18.9 Å². The third-order valence-electron chi connectivity index (χ3n) is 2.79. The highest BCUT2D eigenvalue weighted by atomic mass is 79.9. The molecule has 0 spiro atoms. The number of halogens is 1. The van der Waals surface area contributed by atoms with E-state index in [4.69, 9.17) is 9.47 Å². The second kappa shape index (κ2) is 5.94. The molecule has 0 fully saturated rings. The molecule has 9 heteroatoms. The van der Waals surface area contributed by atoms with E-state index in [1.54, 1.807) is 6.92 Å². The first-order chi connectivity index (χ1) is 9.89. The molecule has 114 valence electrons. The van der Waals surface area contributed by atoms with Crippen LogP contribution in [0.15, 0.2) is 27.7 Å². The quantitative estimate of drug-likeness (QED) is 0.835. The van der Waals surface area contributed by atoms with E-state index < -0.39 is 10.0 Å². The first kappa shape index (κ1) is 15.6. The molecule has 0 aliphatic heterocycles. The monoisotopic (exact) mass is 375 g/mol. The van der Waals surface area contributed by atoms with Gasteiger partial charge in [-0.15, -0.1) is 0 Å². The molecule has 0 amide bonds. The predicted molar refractivity (Wildman–Crippen MR) is 81.4 cm³/mol. The van der Waals surface area contributed by atoms with Crippen LogP contribution in [0, 0.1) is 6.92 Å². The van der Waals surface area contributed by atoms with Gasteiger partial charge in [-0.2, -0.15) is 5.10 Å². The van der Waals surface area contributed by atoms with Gasteiger partial charge in [-0.05, 0) is 28.9 Å². The van der Waals surface area contributed by atoms with E-state index in [0.29, 0.717) is 27.4 Å². The number of aromatic nitrogens is 2. The highest BCUT2D eigenvalue weighted by Crippen LogP contribution is 2.36. The number of sulfonamides is 1. The molecule has 0 atom stereocenters. The van der Waals surface area contributed by atoms with Crippen molar-refractivity contribution < 1.29 is 17.9 Å². The van der Waals surface area contributed by atoms with Gasteiger partial charge in [0.05, 0.1) is 20.4 Å². The van der Waals surface area contributed by atoms with Gasteiger partial charge in [0, 0.05) is 16.1 Å². The Morgan fingerprint density at radius 2 is 1.86 bits per heavy atom. The zero-order valence-electron chi connectivity index (χ0n) is 11.6. The van der Waals surface area contributed by atoms with Gasteiger partial charge in [-0.25, -0.2) is 8.42 Å². The Morgan fingerprint density at radius 1 is 1.24 bits per heavy atom. The van der Waals surface area contributed by atoms with E-state index in [-0.39, 0.29) is 4.90 Å². The Labute approximate surface area is 130 Å². The van der Waals surface area contributed by atoms with E-state index in [2.05, 4.69) is 30.8 Å². The van der Waals surface area contributed by atoms with Crippen molar-refractivity contribution >= 4 is 31.8 Å². The van der Waals surface area contributed by atoms with Crippen molar-refractivity contribution in [3.8, 4) is 11.5 Å². The molecular formula is C12H14BrN3O4S. The van der Waals surface area contributed by atoms with Crippen LogP contribution in [0.2, 0.25) is 0 Å². The molecule has 2 aromatic rings. The van der Waals surface area contributed by atoms with E-state index in [1.165, 1.54) is 32.5 Å². The van der Waals surface area contributed by atoms with Crippen LogP contribution in [0.1, 0.15) is 5.56 Å². The number of aromatic amines is 1. The number of hydrogen-bond acceptors (Lipinski definition) is 5. The van der Waals surface area contributed by atoms with E-state index in [0.717, 1.165) is 0 Å². The summed E-state index contributed by atoms with van der Waals surface area (Å²) in [5, 5.41) is 6.37. The van der Waals surface area contributed by atoms with Gasteiger partial charge < -0.3 is 9.47 Å². The van der Waals surface area contributed by atoms with Crippen LogP contribution < -0.4 is 14.2 Å². The number of nitrogens with one attached hydrogen (secondary N) is 2. The molecule has 2 N–H and O–H groups in total. The normalized spacial score (nSPS) is 11.2. The average molecular weight is 376 g/mol. The molecule has 1 heterocycles. The average Bonchev–Trinajstić information content (AvgIpc) is 2.82. The smallest absolute Gasteiger partial charge is 0.264 e. The minimum absolute atomic E-state index is 0.0363. The minimum Gasteiger partial charge on any atom is -0.493 e. The largest absolute Gasteiger partial charge is 0.493 e. The summed E-state index contributed by atoms with van der Waals surface area (Å²) >= 11 is 3.23. The fraction of sp³-hybridized carbons (Fsp3) is 0.250.